The number of ether oxygens (including phenoxy) is 2. The van der Waals surface area contributed by atoms with Crippen molar-refractivity contribution in [2.75, 3.05) is 17.7 Å². The van der Waals surface area contributed by atoms with E-state index in [1.807, 2.05) is 25.1 Å². The molecular weight excluding hydrogens is 380 g/mol. The highest BCUT2D eigenvalue weighted by Crippen LogP contribution is 2.19. The smallest absolute Gasteiger partial charge is 0.265 e. The van der Waals surface area contributed by atoms with Gasteiger partial charge in [0.15, 0.2) is 6.10 Å². The minimum Gasteiger partial charge on any atom is -0.497 e. The molecule has 0 aliphatic rings. The molecule has 0 radical (unpaired) electrons. The summed E-state index contributed by atoms with van der Waals surface area (Å²) >= 11 is 0. The fourth-order valence-electron chi connectivity index (χ4n) is 2.78. The Balaban J connectivity index is 1.55. The Hall–Kier alpha value is -3.80. The number of anilines is 2. The van der Waals surface area contributed by atoms with E-state index in [1.165, 1.54) is 0 Å². The van der Waals surface area contributed by atoms with Gasteiger partial charge in [-0.1, -0.05) is 17.7 Å². The van der Waals surface area contributed by atoms with Gasteiger partial charge in [-0.3, -0.25) is 9.59 Å². The largest absolute Gasteiger partial charge is 0.497 e. The Morgan fingerprint density at radius 3 is 2.03 bits per heavy atom. The lowest BCUT2D eigenvalue weighted by atomic mass is 10.1. The van der Waals surface area contributed by atoms with Gasteiger partial charge >= 0.3 is 0 Å². The zero-order valence-corrected chi connectivity index (χ0v) is 17.1. The molecule has 6 nitrogen and oxygen atoms in total. The molecule has 6 heteroatoms. The first kappa shape index (κ1) is 20.9. The van der Waals surface area contributed by atoms with Gasteiger partial charge in [0.25, 0.3) is 11.8 Å². The highest BCUT2D eigenvalue weighted by Gasteiger charge is 2.15. The summed E-state index contributed by atoms with van der Waals surface area (Å²) in [6.07, 6.45) is -0.681. The number of amides is 2. The Kier molecular flexibility index (Phi) is 6.70. The maximum atomic E-state index is 12.4. The topological polar surface area (TPSA) is 76.7 Å². The molecule has 2 amide bonds. The van der Waals surface area contributed by atoms with E-state index in [2.05, 4.69) is 10.6 Å². The van der Waals surface area contributed by atoms with Gasteiger partial charge in [0.05, 0.1) is 7.11 Å². The van der Waals surface area contributed by atoms with Crippen LogP contribution in [0.1, 0.15) is 22.8 Å². The summed E-state index contributed by atoms with van der Waals surface area (Å²) in [6.45, 7) is 3.61. The van der Waals surface area contributed by atoms with Gasteiger partial charge in [0.1, 0.15) is 11.5 Å². The first-order valence-corrected chi connectivity index (χ1v) is 9.54. The molecule has 3 aromatic rings. The summed E-state index contributed by atoms with van der Waals surface area (Å²) in [7, 11) is 1.59. The van der Waals surface area contributed by atoms with E-state index in [0.29, 0.717) is 28.4 Å². The minimum atomic E-state index is -0.681. The molecule has 0 aliphatic heterocycles. The second-order valence-corrected chi connectivity index (χ2v) is 6.83. The van der Waals surface area contributed by atoms with Crippen molar-refractivity contribution in [1.82, 2.24) is 0 Å². The van der Waals surface area contributed by atoms with E-state index >= 15 is 0 Å². The highest BCUT2D eigenvalue weighted by molar-refractivity contribution is 6.04. The molecule has 1 atom stereocenters. The van der Waals surface area contributed by atoms with Crippen LogP contribution >= 0.6 is 0 Å². The van der Waals surface area contributed by atoms with E-state index in [9.17, 15) is 9.59 Å². The van der Waals surface area contributed by atoms with Crippen LogP contribution in [0.4, 0.5) is 11.4 Å². The summed E-state index contributed by atoms with van der Waals surface area (Å²) in [6, 6.07) is 21.3. The van der Waals surface area contributed by atoms with E-state index < -0.39 is 6.10 Å². The van der Waals surface area contributed by atoms with Crippen LogP contribution in [0.15, 0.2) is 72.8 Å². The molecule has 0 saturated carbocycles. The fraction of sp³-hybridized carbons (Fsp3) is 0.167. The lowest BCUT2D eigenvalue weighted by Gasteiger charge is -2.15. The Labute approximate surface area is 175 Å². The Morgan fingerprint density at radius 2 is 1.43 bits per heavy atom. The molecule has 0 bridgehead atoms. The van der Waals surface area contributed by atoms with Gasteiger partial charge in [-0.05, 0) is 74.5 Å². The first-order chi connectivity index (χ1) is 14.4. The maximum Gasteiger partial charge on any atom is 0.265 e. The molecule has 0 spiro atoms. The van der Waals surface area contributed by atoms with Crippen LogP contribution in [0.5, 0.6) is 11.5 Å². The molecule has 30 heavy (non-hydrogen) atoms. The number of carbonyl (C=O) groups is 2. The van der Waals surface area contributed by atoms with Crippen molar-refractivity contribution in [2.45, 2.75) is 20.0 Å². The molecule has 0 aromatic heterocycles. The van der Waals surface area contributed by atoms with Crippen molar-refractivity contribution in [3.8, 4) is 11.5 Å². The third kappa shape index (κ3) is 5.61. The summed E-state index contributed by atoms with van der Waals surface area (Å²) in [5, 5.41) is 5.65. The molecule has 1 unspecified atom stereocenters. The maximum absolute atomic E-state index is 12.4. The number of methoxy groups -OCH3 is 1. The summed E-state index contributed by atoms with van der Waals surface area (Å²) < 4.78 is 10.8. The summed E-state index contributed by atoms with van der Waals surface area (Å²) in [5.74, 6) is 0.834. The van der Waals surface area contributed by atoms with E-state index in [1.54, 1.807) is 68.6 Å². The molecular formula is C24H24N2O4. The number of carbonyl (C=O) groups excluding carboxylic acids is 2. The Morgan fingerprint density at radius 1 is 0.833 bits per heavy atom. The standard InChI is InChI=1S/C24H24N2O4/c1-16-5-4-6-18(15-16)24(28)26-20-9-7-19(8-10-20)25-23(27)17(2)30-22-13-11-21(29-3)12-14-22/h4-15,17H,1-3H3,(H,25,27)(H,26,28). The first-order valence-electron chi connectivity index (χ1n) is 9.54. The summed E-state index contributed by atoms with van der Waals surface area (Å²) in [4.78, 5) is 24.7. The normalized spacial score (nSPS) is 11.3. The number of benzene rings is 3. The predicted molar refractivity (Wildman–Crippen MR) is 117 cm³/mol. The second-order valence-electron chi connectivity index (χ2n) is 6.83. The van der Waals surface area contributed by atoms with Gasteiger partial charge in [-0.25, -0.2) is 0 Å². The Bertz CT molecular complexity index is 1010. The number of hydrogen-bond acceptors (Lipinski definition) is 4. The molecule has 0 aliphatic carbocycles. The van der Waals surface area contributed by atoms with Crippen molar-refractivity contribution in [2.24, 2.45) is 0 Å². The molecule has 3 aromatic carbocycles. The van der Waals surface area contributed by atoms with Crippen LogP contribution in [0, 0.1) is 6.92 Å². The van der Waals surface area contributed by atoms with E-state index in [-0.39, 0.29) is 11.8 Å². The van der Waals surface area contributed by atoms with Crippen molar-refractivity contribution in [3.05, 3.63) is 83.9 Å². The van der Waals surface area contributed by atoms with Gasteiger partial charge in [-0.2, -0.15) is 0 Å². The molecule has 154 valence electrons. The minimum absolute atomic E-state index is 0.183. The predicted octanol–water partition coefficient (Wildman–Crippen LogP) is 4.66. The molecule has 2 N–H and O–H groups in total. The van der Waals surface area contributed by atoms with Crippen LogP contribution in [-0.2, 0) is 4.79 Å². The van der Waals surface area contributed by atoms with Gasteiger partial charge in [0.2, 0.25) is 0 Å². The number of rotatable bonds is 7. The quantitative estimate of drug-likeness (QED) is 0.600. The van der Waals surface area contributed by atoms with Crippen molar-refractivity contribution in [1.29, 1.82) is 0 Å². The third-order valence-corrected chi connectivity index (χ3v) is 4.43. The average molecular weight is 404 g/mol. The van der Waals surface area contributed by atoms with E-state index in [0.717, 1.165) is 5.56 Å². The van der Waals surface area contributed by atoms with Gasteiger partial charge in [-0.15, -0.1) is 0 Å². The van der Waals surface area contributed by atoms with Gasteiger partial charge in [0, 0.05) is 16.9 Å². The zero-order valence-electron chi connectivity index (χ0n) is 17.1. The monoisotopic (exact) mass is 404 g/mol. The summed E-state index contributed by atoms with van der Waals surface area (Å²) in [5.41, 5.74) is 2.87. The van der Waals surface area contributed by atoms with Crippen molar-refractivity contribution in [3.63, 3.8) is 0 Å². The SMILES string of the molecule is COc1ccc(OC(C)C(=O)Nc2ccc(NC(=O)c3cccc(C)c3)cc2)cc1. The van der Waals surface area contributed by atoms with Crippen molar-refractivity contribution < 1.29 is 19.1 Å². The molecule has 0 fully saturated rings. The van der Waals surface area contributed by atoms with Crippen molar-refractivity contribution >= 4 is 23.2 Å². The van der Waals surface area contributed by atoms with Crippen LogP contribution in [0.2, 0.25) is 0 Å². The molecule has 0 heterocycles. The highest BCUT2D eigenvalue weighted by atomic mass is 16.5. The molecule has 3 rings (SSSR count). The van der Waals surface area contributed by atoms with Crippen LogP contribution in [-0.4, -0.2) is 25.0 Å². The average Bonchev–Trinajstić information content (AvgIpc) is 2.75. The number of aryl methyl sites for hydroxylation is 1. The number of nitrogens with one attached hydrogen (secondary N) is 2. The fourth-order valence-corrected chi connectivity index (χ4v) is 2.78. The van der Waals surface area contributed by atoms with Crippen LogP contribution < -0.4 is 20.1 Å². The molecule has 0 saturated heterocycles. The van der Waals surface area contributed by atoms with Gasteiger partial charge < -0.3 is 20.1 Å². The third-order valence-electron chi connectivity index (χ3n) is 4.43. The zero-order chi connectivity index (χ0) is 21.5. The lowest BCUT2D eigenvalue weighted by molar-refractivity contribution is -0.122. The second kappa shape index (κ2) is 9.60. The number of hydrogen-bond donors (Lipinski definition) is 2. The van der Waals surface area contributed by atoms with Crippen LogP contribution in [0.3, 0.4) is 0 Å². The lowest BCUT2D eigenvalue weighted by Crippen LogP contribution is -2.30. The van der Waals surface area contributed by atoms with E-state index in [4.69, 9.17) is 9.47 Å². The van der Waals surface area contributed by atoms with Crippen LogP contribution in [0.25, 0.3) is 0 Å².